The van der Waals surface area contributed by atoms with Crippen LogP contribution in [0.3, 0.4) is 0 Å². The van der Waals surface area contributed by atoms with Crippen LogP contribution >= 0.6 is 0 Å². The molecule has 0 aliphatic carbocycles. The fourth-order valence-corrected chi connectivity index (χ4v) is 1.63. The summed E-state index contributed by atoms with van der Waals surface area (Å²) in [5, 5.41) is 0. The molecule has 1 nitrogen and oxygen atoms in total. The van der Waals surface area contributed by atoms with E-state index in [-0.39, 0.29) is 0 Å². The SMILES string of the molecule is C=C(/C=C\[CH]=[W])OC=C/C(C)=C\[CH]=[W]. The Morgan fingerprint density at radius 3 is 2.50 bits per heavy atom. The van der Waals surface area contributed by atoms with Gasteiger partial charge in [-0.15, -0.1) is 0 Å². The summed E-state index contributed by atoms with van der Waals surface area (Å²) in [5.41, 5.74) is 1.17. The summed E-state index contributed by atoms with van der Waals surface area (Å²) in [7, 11) is 0. The molecule has 0 spiro atoms. The first kappa shape index (κ1) is 13.9. The summed E-state index contributed by atoms with van der Waals surface area (Å²) < 4.78 is 9.33. The number of hydrogen-bond donors (Lipinski definition) is 0. The van der Waals surface area contributed by atoms with Crippen LogP contribution in [0.1, 0.15) is 6.92 Å². The van der Waals surface area contributed by atoms with Gasteiger partial charge in [0.15, 0.2) is 0 Å². The third-order valence-electron chi connectivity index (χ3n) is 1.24. The Morgan fingerprint density at radius 1 is 1.21 bits per heavy atom. The molecular weight excluding hydrogens is 516 g/mol. The Morgan fingerprint density at radius 2 is 1.93 bits per heavy atom. The molecule has 0 aromatic carbocycles. The van der Waals surface area contributed by atoms with Crippen molar-refractivity contribution in [1.82, 2.24) is 0 Å². The Balaban J connectivity index is 3.99. The number of hydrogen-bond acceptors (Lipinski definition) is 1. The zero-order valence-corrected chi connectivity index (χ0v) is 13.8. The van der Waals surface area contributed by atoms with Crippen molar-refractivity contribution >= 4 is 8.80 Å². The zero-order chi connectivity index (χ0) is 10.8. The third-order valence-corrected chi connectivity index (χ3v) is 2.30. The first-order valence-corrected chi connectivity index (χ1v) is 7.35. The molecule has 0 amide bonds. The molecule has 14 heavy (non-hydrogen) atoms. The van der Waals surface area contributed by atoms with Crippen LogP contribution in [0.5, 0.6) is 0 Å². The van der Waals surface area contributed by atoms with Gasteiger partial charge in [-0.05, 0) is 0 Å². The maximum atomic E-state index is 5.24. The van der Waals surface area contributed by atoms with Gasteiger partial charge in [-0.25, -0.2) is 0 Å². The average molecular weight is 528 g/mol. The Labute approximate surface area is 107 Å². The van der Waals surface area contributed by atoms with Crippen molar-refractivity contribution in [1.29, 1.82) is 0 Å². The van der Waals surface area contributed by atoms with E-state index in [4.69, 9.17) is 4.74 Å². The topological polar surface area (TPSA) is 9.23 Å². The van der Waals surface area contributed by atoms with Gasteiger partial charge in [0, 0.05) is 0 Å². The van der Waals surface area contributed by atoms with Crippen LogP contribution in [-0.4, -0.2) is 8.80 Å². The van der Waals surface area contributed by atoms with Crippen LogP contribution < -0.4 is 0 Å². The monoisotopic (exact) mass is 528 g/mol. The van der Waals surface area contributed by atoms with E-state index in [1.165, 1.54) is 44.3 Å². The molecule has 0 aliphatic heterocycles. The van der Waals surface area contributed by atoms with Crippen molar-refractivity contribution in [2.24, 2.45) is 0 Å². The second-order valence-corrected chi connectivity index (χ2v) is 4.38. The Kier molecular flexibility index (Phi) is 9.35. The van der Waals surface area contributed by atoms with Crippen LogP contribution in [0.25, 0.3) is 0 Å². The molecule has 74 valence electrons. The van der Waals surface area contributed by atoms with E-state index in [1.807, 2.05) is 29.6 Å². The van der Waals surface area contributed by atoms with Gasteiger partial charge in [-0.2, -0.15) is 0 Å². The molecule has 0 aromatic rings. The predicted octanol–water partition coefficient (Wildman–Crippen LogP) is 2.23. The summed E-state index contributed by atoms with van der Waals surface area (Å²) in [6.07, 6.45) is 9.39. The molecule has 0 heterocycles. The molecule has 0 atom stereocenters. The van der Waals surface area contributed by atoms with E-state index in [2.05, 4.69) is 17.1 Å². The van der Waals surface area contributed by atoms with Gasteiger partial charge in [0.1, 0.15) is 0 Å². The molecule has 0 aromatic heterocycles. The molecule has 0 bridgehead atoms. The van der Waals surface area contributed by atoms with Crippen molar-refractivity contribution in [3.63, 3.8) is 0 Å². The molecule has 0 saturated carbocycles. The fourth-order valence-electron chi connectivity index (χ4n) is 0.578. The van der Waals surface area contributed by atoms with E-state index in [1.54, 1.807) is 6.26 Å². The molecule has 0 saturated heterocycles. The van der Waals surface area contributed by atoms with Crippen LogP contribution in [-0.2, 0) is 43.4 Å². The molecule has 0 rings (SSSR count). The second kappa shape index (κ2) is 9.43. The van der Waals surface area contributed by atoms with Crippen LogP contribution in [0.2, 0.25) is 0 Å². The van der Waals surface area contributed by atoms with Crippen molar-refractivity contribution in [3.8, 4) is 0 Å². The third kappa shape index (κ3) is 8.47. The minimum absolute atomic E-state index is 0.651. The maximum absolute atomic E-state index is 5.24. The second-order valence-electron chi connectivity index (χ2n) is 2.43. The van der Waals surface area contributed by atoms with Crippen molar-refractivity contribution in [3.05, 3.63) is 48.5 Å². The molecule has 0 fully saturated rings. The summed E-state index contributed by atoms with van der Waals surface area (Å²) in [6, 6.07) is 0. The summed E-state index contributed by atoms with van der Waals surface area (Å²) in [5.74, 6) is 0.651. The normalized spacial score (nSPS) is 11.9. The first-order chi connectivity index (χ1) is 6.70. The van der Waals surface area contributed by atoms with E-state index >= 15 is 0 Å². The van der Waals surface area contributed by atoms with Crippen LogP contribution in [0.4, 0.5) is 0 Å². The van der Waals surface area contributed by atoms with E-state index in [0.29, 0.717) is 5.76 Å². The van der Waals surface area contributed by atoms with E-state index in [0.717, 1.165) is 0 Å². The van der Waals surface area contributed by atoms with E-state index in [9.17, 15) is 0 Å². The first-order valence-electron chi connectivity index (χ1n) is 3.96. The Hall–Kier alpha value is -0.123. The van der Waals surface area contributed by atoms with Gasteiger partial charge in [-0.3, -0.25) is 0 Å². The number of rotatable bonds is 6. The van der Waals surface area contributed by atoms with Gasteiger partial charge in [0.2, 0.25) is 0 Å². The summed E-state index contributed by atoms with van der Waals surface area (Å²) >= 11 is 2.86. The molecule has 0 radical (unpaired) electrons. The number of allylic oxidation sites excluding steroid dienone is 5. The van der Waals surface area contributed by atoms with Crippen LogP contribution in [0, 0.1) is 0 Å². The Bertz CT molecular complexity index is 298. The molecular formula is C11H12OW2. The quantitative estimate of drug-likeness (QED) is 0.380. The van der Waals surface area contributed by atoms with Crippen LogP contribution in [0.15, 0.2) is 48.5 Å². The standard InChI is InChI=1S/C11H12O.2W/c1-5-7-11(4)12-9-8-10(3)6-2;;/h1-2,5-9H,4H2,3H3;;/b7-5-,9-8?,10-6-;;. The van der Waals surface area contributed by atoms with Gasteiger partial charge in [0.05, 0.1) is 0 Å². The predicted molar refractivity (Wildman–Crippen MR) is 54.4 cm³/mol. The fraction of sp³-hybridized carbons (Fsp3) is 0.0909. The molecule has 0 aliphatic rings. The van der Waals surface area contributed by atoms with Gasteiger partial charge in [-0.1, -0.05) is 0 Å². The number of ether oxygens (including phenoxy) is 1. The molecule has 0 unspecified atom stereocenters. The average Bonchev–Trinajstić information content (AvgIpc) is 2.15. The van der Waals surface area contributed by atoms with Gasteiger partial charge in [0.25, 0.3) is 0 Å². The zero-order valence-electron chi connectivity index (χ0n) is 7.97. The summed E-state index contributed by atoms with van der Waals surface area (Å²) in [6.45, 7) is 5.77. The van der Waals surface area contributed by atoms with E-state index < -0.39 is 0 Å². The van der Waals surface area contributed by atoms with Gasteiger partial charge < -0.3 is 0 Å². The van der Waals surface area contributed by atoms with Gasteiger partial charge >= 0.3 is 108 Å². The molecule has 3 heteroatoms. The minimum atomic E-state index is 0.651. The van der Waals surface area contributed by atoms with Crippen molar-refractivity contribution in [2.75, 3.05) is 0 Å². The van der Waals surface area contributed by atoms with Crippen molar-refractivity contribution in [2.45, 2.75) is 6.92 Å². The summed E-state index contributed by atoms with van der Waals surface area (Å²) in [4.78, 5) is 0. The van der Waals surface area contributed by atoms with Crippen molar-refractivity contribution < 1.29 is 43.4 Å². The molecule has 0 N–H and O–H groups in total.